The van der Waals surface area contributed by atoms with Crippen molar-refractivity contribution in [2.75, 3.05) is 117 Å². The second kappa shape index (κ2) is 24.4. The van der Waals surface area contributed by atoms with E-state index in [2.05, 4.69) is 49.7 Å². The lowest BCUT2D eigenvalue weighted by Gasteiger charge is -2.24. The first kappa shape index (κ1) is 47.8. The fourth-order valence-corrected chi connectivity index (χ4v) is 7.33. The molecule has 1 aliphatic rings. The highest BCUT2D eigenvalue weighted by molar-refractivity contribution is 5.81. The molecule has 4 N–H and O–H groups in total. The highest BCUT2D eigenvalue weighted by atomic mass is 16.5. The van der Waals surface area contributed by atoms with Crippen LogP contribution in [0.4, 0.5) is 11.6 Å². The number of nitrogens with zero attached hydrogens (tertiary/aromatic N) is 14. The normalized spacial score (nSPS) is 15.8. The van der Waals surface area contributed by atoms with Crippen LogP contribution >= 0.6 is 0 Å². The van der Waals surface area contributed by atoms with Crippen molar-refractivity contribution < 1.29 is 28.4 Å². The van der Waals surface area contributed by atoms with E-state index in [1.807, 2.05) is 18.3 Å². The molecule has 0 spiro atoms. The summed E-state index contributed by atoms with van der Waals surface area (Å²) in [6.45, 7) is 14.5. The Labute approximate surface area is 380 Å². The summed E-state index contributed by atoms with van der Waals surface area (Å²) in [6.07, 6.45) is 11.2. The van der Waals surface area contributed by atoms with Crippen LogP contribution in [0.3, 0.4) is 0 Å². The van der Waals surface area contributed by atoms with Gasteiger partial charge in [-0.15, -0.1) is 0 Å². The minimum atomic E-state index is -0.326. The van der Waals surface area contributed by atoms with Gasteiger partial charge in [-0.2, -0.15) is 9.97 Å². The molecule has 6 aromatic heterocycles. The number of ether oxygens (including phenoxy) is 6. The summed E-state index contributed by atoms with van der Waals surface area (Å²) in [4.78, 5) is 63.2. The van der Waals surface area contributed by atoms with Crippen molar-refractivity contribution in [1.82, 2.24) is 67.9 Å². The molecule has 0 bridgehead atoms. The lowest BCUT2D eigenvalue weighted by molar-refractivity contribution is 0.00764. The molecule has 0 saturated carbocycles. The zero-order chi connectivity index (χ0) is 46.1. The van der Waals surface area contributed by atoms with Gasteiger partial charge in [-0.05, 0) is 26.7 Å². The van der Waals surface area contributed by atoms with Gasteiger partial charge in [0.25, 0.3) is 23.1 Å². The van der Waals surface area contributed by atoms with Gasteiger partial charge >= 0.3 is 0 Å². The Morgan fingerprint density at radius 3 is 1.30 bits per heavy atom. The van der Waals surface area contributed by atoms with E-state index in [1.54, 1.807) is 38.9 Å². The molecule has 0 aliphatic carbocycles. The summed E-state index contributed by atoms with van der Waals surface area (Å²) >= 11 is 0. The van der Waals surface area contributed by atoms with Crippen LogP contribution < -0.4 is 32.1 Å². The number of imidazole rings is 2. The first-order chi connectivity index (χ1) is 32.2. The molecular weight excluding hydrogens is 857 g/mol. The number of nitrogens with two attached hydrogens (primary N) is 2. The van der Waals surface area contributed by atoms with E-state index in [0.29, 0.717) is 124 Å². The van der Waals surface area contributed by atoms with Gasteiger partial charge in [-0.25, -0.2) is 29.9 Å². The van der Waals surface area contributed by atoms with E-state index in [4.69, 9.17) is 39.9 Å². The van der Waals surface area contributed by atoms with Gasteiger partial charge in [0.15, 0.2) is 22.9 Å². The van der Waals surface area contributed by atoms with Crippen LogP contribution in [0.1, 0.15) is 24.0 Å². The molecule has 24 nitrogen and oxygen atoms in total. The molecule has 0 unspecified atom stereocenters. The highest BCUT2D eigenvalue weighted by Gasteiger charge is 2.15. The number of hydrogen-bond acceptors (Lipinski definition) is 20. The van der Waals surface area contributed by atoms with Crippen molar-refractivity contribution in [3.8, 4) is 12.0 Å². The molecular formula is C42H60N16O8. The maximum Gasteiger partial charge on any atom is 0.299 e. The third kappa shape index (κ3) is 13.4. The largest absolute Gasteiger partial charge is 0.463 e. The highest BCUT2D eigenvalue weighted by Crippen LogP contribution is 2.16. The smallest absolute Gasteiger partial charge is 0.299 e. The van der Waals surface area contributed by atoms with Crippen molar-refractivity contribution in [3.05, 3.63) is 69.5 Å². The van der Waals surface area contributed by atoms with Crippen LogP contribution in [0.25, 0.3) is 22.3 Å². The molecule has 6 aromatic rings. The topological polar surface area (TPSA) is 271 Å². The van der Waals surface area contributed by atoms with Gasteiger partial charge in [0.2, 0.25) is 0 Å². The van der Waals surface area contributed by atoms with E-state index in [0.717, 1.165) is 52.1 Å². The van der Waals surface area contributed by atoms with Crippen molar-refractivity contribution in [1.29, 1.82) is 0 Å². The van der Waals surface area contributed by atoms with Crippen LogP contribution in [0.15, 0.2) is 47.3 Å². The van der Waals surface area contributed by atoms with Crippen molar-refractivity contribution in [3.63, 3.8) is 0 Å². The quantitative estimate of drug-likeness (QED) is 0.131. The Morgan fingerprint density at radius 1 is 0.515 bits per heavy atom. The third-order valence-corrected chi connectivity index (χ3v) is 10.9. The van der Waals surface area contributed by atoms with Crippen LogP contribution in [-0.2, 0) is 45.1 Å². The van der Waals surface area contributed by atoms with E-state index < -0.39 is 0 Å². The van der Waals surface area contributed by atoms with Crippen LogP contribution in [-0.4, -0.2) is 173 Å². The minimum absolute atomic E-state index is 0.245. The molecule has 24 heteroatoms. The number of aryl methyl sites for hydroxylation is 4. The van der Waals surface area contributed by atoms with Gasteiger partial charge in [-0.1, -0.05) is 0 Å². The molecule has 1 fully saturated rings. The van der Waals surface area contributed by atoms with E-state index >= 15 is 0 Å². The zero-order valence-corrected chi connectivity index (χ0v) is 37.7. The van der Waals surface area contributed by atoms with Gasteiger partial charge in [0.05, 0.1) is 78.6 Å². The molecule has 0 aromatic carbocycles. The predicted octanol–water partition coefficient (Wildman–Crippen LogP) is 0.183. The zero-order valence-electron chi connectivity index (χ0n) is 37.7. The van der Waals surface area contributed by atoms with Crippen LogP contribution in [0.5, 0.6) is 12.0 Å². The molecule has 0 atom stereocenters. The molecule has 0 radical (unpaired) electrons. The molecule has 1 saturated heterocycles. The Morgan fingerprint density at radius 2 is 0.909 bits per heavy atom. The fourth-order valence-electron chi connectivity index (χ4n) is 7.33. The van der Waals surface area contributed by atoms with E-state index in [1.165, 1.54) is 12.7 Å². The summed E-state index contributed by atoms with van der Waals surface area (Å²) in [6, 6.07) is 0.516. The summed E-state index contributed by atoms with van der Waals surface area (Å²) in [5.41, 5.74) is 14.6. The first-order valence-corrected chi connectivity index (χ1v) is 22.2. The summed E-state index contributed by atoms with van der Waals surface area (Å²) in [5, 5.41) is 0. The number of nitrogen functional groups attached to an aromatic ring is 2. The van der Waals surface area contributed by atoms with Crippen LogP contribution in [0.2, 0.25) is 0 Å². The van der Waals surface area contributed by atoms with Crippen molar-refractivity contribution in [2.24, 2.45) is 0 Å². The van der Waals surface area contributed by atoms with Crippen LogP contribution in [0, 0.1) is 13.8 Å². The second-order valence-electron chi connectivity index (χ2n) is 15.7. The summed E-state index contributed by atoms with van der Waals surface area (Å²) in [5.74, 6) is 0.622. The number of hydrogen-bond donors (Lipinski definition) is 2. The standard InChI is InChI=1S/C42H60N16O8/c1-31-25-55(41(51-39(31)59)65-19-13-57-29-49-33-35(43)45-27-47-37(33)57)7-3-5-53-9-15-61-21-23-63-17-11-54(12-18-64-24-22-62-16-10-53)6-4-8-56-26-32(2)40(60)52-42(56)66-20-14-58-30-50-34-36(44)46-28-48-38(34)58/h25-30H,3-24H2,1-2H3,(H2,43,45,47)(H2,44,46,48). The fraction of sp³-hybridized carbons (Fsp3) is 0.571. The maximum atomic E-state index is 12.5. The lowest BCUT2D eigenvalue weighted by Crippen LogP contribution is -2.34. The molecule has 66 heavy (non-hydrogen) atoms. The first-order valence-electron chi connectivity index (χ1n) is 22.2. The van der Waals surface area contributed by atoms with E-state index in [9.17, 15) is 9.59 Å². The Balaban J connectivity index is 0.831. The molecule has 7 heterocycles. The van der Waals surface area contributed by atoms with Crippen molar-refractivity contribution in [2.45, 2.75) is 52.9 Å². The predicted molar refractivity (Wildman–Crippen MR) is 242 cm³/mol. The second-order valence-corrected chi connectivity index (χ2v) is 15.7. The summed E-state index contributed by atoms with van der Waals surface area (Å²) in [7, 11) is 0. The molecule has 356 valence electrons. The monoisotopic (exact) mass is 916 g/mol. The Kier molecular flexibility index (Phi) is 17.6. The van der Waals surface area contributed by atoms with Gasteiger partial charge < -0.3 is 58.2 Å². The van der Waals surface area contributed by atoms with Crippen molar-refractivity contribution >= 4 is 34.0 Å². The number of aromatic nitrogens is 12. The Bertz CT molecular complexity index is 2390. The number of rotatable bonds is 16. The third-order valence-electron chi connectivity index (χ3n) is 10.9. The Hall–Kier alpha value is -6.18. The number of anilines is 2. The number of fused-ring (bicyclic) bond motifs is 2. The molecule has 7 rings (SSSR count). The SMILES string of the molecule is Cc1cn(CCCN2CCOCCOCCN(CCCn3cc(C)c(=O)nc3OCCn3cnc4c(N)ncnc43)CCOCCOCC2)c(OCCn2cnc3c(N)ncnc32)nc1=O. The minimum Gasteiger partial charge on any atom is -0.463 e. The lowest BCUT2D eigenvalue weighted by atomic mass is 10.3. The van der Waals surface area contributed by atoms with Gasteiger partial charge in [-0.3, -0.25) is 19.4 Å². The van der Waals surface area contributed by atoms with Gasteiger partial charge in [0, 0.05) is 75.9 Å². The maximum absolute atomic E-state index is 12.5. The van der Waals surface area contributed by atoms with E-state index in [-0.39, 0.29) is 36.4 Å². The average Bonchev–Trinajstić information content (AvgIpc) is 3.93. The van der Waals surface area contributed by atoms with Gasteiger partial charge in [0.1, 0.15) is 36.9 Å². The molecule has 1 aliphatic heterocycles. The molecule has 0 amide bonds. The summed E-state index contributed by atoms with van der Waals surface area (Å²) < 4.78 is 43.4. The average molecular weight is 917 g/mol.